The van der Waals surface area contributed by atoms with Gasteiger partial charge in [0.2, 0.25) is 0 Å². The first-order valence-electron chi connectivity index (χ1n) is 22.1. The molecule has 0 aliphatic carbocycles. The summed E-state index contributed by atoms with van der Waals surface area (Å²) < 4.78 is 51.1. The van der Waals surface area contributed by atoms with E-state index in [-0.39, 0.29) is 25.8 Å². The number of aromatic nitrogens is 3. The Morgan fingerprint density at radius 2 is 1.47 bits per heavy atom. The van der Waals surface area contributed by atoms with Gasteiger partial charge in [0.05, 0.1) is 22.4 Å². The Morgan fingerprint density at radius 1 is 0.789 bits per heavy atom. The Bertz CT molecular complexity index is 2840. The summed E-state index contributed by atoms with van der Waals surface area (Å²) in [4.78, 5) is 9.73. The van der Waals surface area contributed by atoms with Gasteiger partial charge in [0.1, 0.15) is 5.58 Å². The molecule has 0 unspecified atom stereocenters. The van der Waals surface area contributed by atoms with Gasteiger partial charge in [-0.2, -0.15) is 0 Å². The van der Waals surface area contributed by atoms with Crippen molar-refractivity contribution in [2.75, 3.05) is 0 Å². The summed E-state index contributed by atoms with van der Waals surface area (Å²) >= 11 is -2.64. The number of nitrogens with zero attached hydrogens (tertiary/aromatic N) is 3. The van der Waals surface area contributed by atoms with Gasteiger partial charge in [0, 0.05) is 31.2 Å². The predicted molar refractivity (Wildman–Crippen MR) is 240 cm³/mol. The number of hydrogen-bond acceptors (Lipinski definition) is 3. The van der Waals surface area contributed by atoms with Crippen molar-refractivity contribution in [1.29, 1.82) is 0 Å². The molecule has 3 heterocycles. The number of rotatable bonds is 7. The fourth-order valence-electron chi connectivity index (χ4n) is 7.38. The van der Waals surface area contributed by atoms with Crippen LogP contribution < -0.4 is 4.40 Å². The molecule has 4 nitrogen and oxygen atoms in total. The molecular weight excluding hydrogens is 935 g/mol. The molecular formula is C51H55GeIrN3O-2. The molecule has 5 aromatic carbocycles. The topological polar surface area (TPSA) is 43.9 Å². The average molecular weight is 996 g/mol. The Morgan fingerprint density at radius 3 is 2.12 bits per heavy atom. The van der Waals surface area contributed by atoms with E-state index in [1.54, 1.807) is 18.2 Å². The molecule has 1 radical (unpaired) electrons. The van der Waals surface area contributed by atoms with Crippen LogP contribution in [-0.4, -0.2) is 27.8 Å². The third-order valence-corrected chi connectivity index (χ3v) is 14.2. The van der Waals surface area contributed by atoms with Crippen molar-refractivity contribution < 1.29 is 31.4 Å². The fraction of sp³-hybridized carbons (Fsp3) is 0.294. The van der Waals surface area contributed by atoms with Gasteiger partial charge in [-0.3, -0.25) is 4.98 Å². The Kier molecular flexibility index (Phi) is 10.6. The summed E-state index contributed by atoms with van der Waals surface area (Å²) in [7, 11) is 0. The summed E-state index contributed by atoms with van der Waals surface area (Å²) in [5.41, 5.74) is 9.35. The minimum absolute atomic E-state index is 0. The van der Waals surface area contributed by atoms with Crippen molar-refractivity contribution in [2.24, 2.45) is 5.41 Å². The predicted octanol–water partition coefficient (Wildman–Crippen LogP) is 13.6. The zero-order valence-corrected chi connectivity index (χ0v) is 39.1. The van der Waals surface area contributed by atoms with E-state index in [2.05, 4.69) is 121 Å². The van der Waals surface area contributed by atoms with Crippen LogP contribution in [0.5, 0.6) is 0 Å². The number of benzene rings is 5. The van der Waals surface area contributed by atoms with Gasteiger partial charge >= 0.3 is 145 Å². The number of fused-ring (bicyclic) bond motifs is 4. The van der Waals surface area contributed by atoms with Crippen LogP contribution in [0.4, 0.5) is 0 Å². The quantitative estimate of drug-likeness (QED) is 0.118. The average Bonchev–Trinajstić information content (AvgIpc) is 3.78. The first-order chi connectivity index (χ1) is 28.6. The second-order valence-corrected chi connectivity index (χ2v) is 27.8. The van der Waals surface area contributed by atoms with Crippen LogP contribution in [0.15, 0.2) is 114 Å². The molecule has 8 rings (SSSR count). The Labute approximate surface area is 362 Å². The first kappa shape index (κ1) is 35.8. The molecule has 6 heteroatoms. The molecule has 0 spiro atoms. The maximum absolute atomic E-state index is 8.83. The van der Waals surface area contributed by atoms with Crippen molar-refractivity contribution in [3.63, 3.8) is 0 Å². The van der Waals surface area contributed by atoms with E-state index in [0.29, 0.717) is 28.7 Å². The van der Waals surface area contributed by atoms with Crippen molar-refractivity contribution in [1.82, 2.24) is 14.5 Å². The van der Waals surface area contributed by atoms with E-state index in [1.807, 2.05) is 57.2 Å². The van der Waals surface area contributed by atoms with Crippen molar-refractivity contribution in [3.8, 4) is 28.3 Å². The normalized spacial score (nSPS) is 13.8. The molecule has 57 heavy (non-hydrogen) atoms. The van der Waals surface area contributed by atoms with Crippen LogP contribution in [0, 0.1) is 24.4 Å². The third kappa shape index (κ3) is 8.77. The summed E-state index contributed by atoms with van der Waals surface area (Å²) in [5, 5.41) is 2.20. The maximum Gasteiger partial charge on any atom is 0 e. The summed E-state index contributed by atoms with van der Waals surface area (Å²) in [6.07, 6.45) is -1.69. The van der Waals surface area contributed by atoms with Crippen LogP contribution in [0.25, 0.3) is 61.3 Å². The van der Waals surface area contributed by atoms with Gasteiger partial charge < -0.3 is 8.98 Å². The molecule has 0 atom stereocenters. The molecule has 0 fully saturated rings. The Hall–Kier alpha value is -4.29. The number of pyridine rings is 1. The van der Waals surface area contributed by atoms with E-state index in [0.717, 1.165) is 48.8 Å². The number of aryl methyl sites for hydroxylation is 1. The maximum atomic E-state index is 8.83. The standard InChI is InChI=1S/C31H27N2O.C20H28GeN.Ir/c1-19(2)21-12-9-13-22(20(3)4)29(21)33-27-17-7-6-16-26(27)32-31(33)25-15-10-14-24-23-11-5-8-18-28(23)34-30(24)25;1-15-18(21(5,6)7)13-17(14-20(2,3)4)19(22-15)16-11-9-8-10-12-16;/h5-14,16-20H,1-4H3;8-11,13H,14H2,1-7H3;/q2*-1;/i;1D3,14D2;. The van der Waals surface area contributed by atoms with Gasteiger partial charge in [0.25, 0.3) is 0 Å². The molecule has 295 valence electrons. The first-order valence-corrected chi connectivity index (χ1v) is 26.9. The molecule has 3 aromatic heterocycles. The van der Waals surface area contributed by atoms with Crippen molar-refractivity contribution in [2.45, 2.75) is 90.8 Å². The second kappa shape index (κ2) is 16.9. The summed E-state index contributed by atoms with van der Waals surface area (Å²) in [5.74, 6) is 7.92. The monoisotopic (exact) mass is 997 g/mol. The van der Waals surface area contributed by atoms with Crippen LogP contribution in [0.2, 0.25) is 17.3 Å². The van der Waals surface area contributed by atoms with Gasteiger partial charge in [-0.1, -0.05) is 87.2 Å². The van der Waals surface area contributed by atoms with E-state index >= 15 is 0 Å². The summed E-state index contributed by atoms with van der Waals surface area (Å²) in [6, 6.07) is 42.9. The molecule has 0 saturated carbocycles. The molecule has 0 aliphatic heterocycles. The molecule has 0 N–H and O–H groups in total. The fourth-order valence-corrected chi connectivity index (χ4v) is 10.2. The minimum atomic E-state index is -2.64. The van der Waals surface area contributed by atoms with Crippen LogP contribution in [-0.2, 0) is 26.5 Å². The molecule has 0 aliphatic rings. The SMILES string of the molecule is CC(C)c1cccc(C(C)C)c1-n1c(-c2[c-]ccc3c2oc2ccccc23)nc2ccccc21.[2H]C([2H])([2H])c1nc(-c2[c-]cccc2)c(C([2H])([2H])C(C)(C)C)c[c]1[Ge]([CH3])([CH3])[CH3].[Ir]. The summed E-state index contributed by atoms with van der Waals surface area (Å²) in [6.45, 7) is 12.2. The third-order valence-electron chi connectivity index (χ3n) is 9.99. The van der Waals surface area contributed by atoms with Gasteiger partial charge in [0.15, 0.2) is 0 Å². The van der Waals surface area contributed by atoms with Crippen molar-refractivity contribution in [3.05, 3.63) is 144 Å². The molecule has 0 saturated heterocycles. The van der Waals surface area contributed by atoms with Crippen LogP contribution in [0.3, 0.4) is 0 Å². The van der Waals surface area contributed by atoms with Gasteiger partial charge in [-0.05, 0) is 41.2 Å². The van der Waals surface area contributed by atoms with E-state index < -0.39 is 31.9 Å². The number of hydrogen-bond donors (Lipinski definition) is 0. The Balaban J connectivity index is 0.000000210. The number of furan rings is 1. The van der Waals surface area contributed by atoms with Crippen LogP contribution >= 0.6 is 0 Å². The van der Waals surface area contributed by atoms with Gasteiger partial charge in [-0.25, -0.2) is 0 Å². The molecule has 0 amide bonds. The largest absolute Gasteiger partial charge is 0 e. The zero-order chi connectivity index (χ0) is 44.2. The van der Waals surface area contributed by atoms with Crippen molar-refractivity contribution >= 4 is 50.6 Å². The van der Waals surface area contributed by atoms with E-state index in [9.17, 15) is 0 Å². The smallest absolute Gasteiger partial charge is 0 e. The number of para-hydroxylation sites is 4. The van der Waals surface area contributed by atoms with E-state index in [1.165, 1.54) is 16.8 Å². The zero-order valence-electron chi connectivity index (χ0n) is 39.6. The minimum Gasteiger partial charge on any atom is 0 e. The van der Waals surface area contributed by atoms with E-state index in [4.69, 9.17) is 16.3 Å². The molecule has 0 bridgehead atoms. The molecule has 8 aromatic rings. The second-order valence-electron chi connectivity index (χ2n) is 17.2. The van der Waals surface area contributed by atoms with Crippen LogP contribution in [0.1, 0.15) is 89.5 Å². The number of imidazole rings is 1. The van der Waals surface area contributed by atoms with Gasteiger partial charge in [-0.15, -0.1) is 18.2 Å².